The number of aromatic nitrogens is 1. The normalized spacial score (nSPS) is 11.6. The van der Waals surface area contributed by atoms with E-state index in [0.717, 1.165) is 6.07 Å². The fourth-order valence-electron chi connectivity index (χ4n) is 1.03. The van der Waals surface area contributed by atoms with Gasteiger partial charge in [-0.05, 0) is 6.07 Å². The van der Waals surface area contributed by atoms with E-state index in [9.17, 15) is 13.2 Å². The van der Waals surface area contributed by atoms with Gasteiger partial charge in [0.2, 0.25) is 5.88 Å². The summed E-state index contributed by atoms with van der Waals surface area (Å²) >= 11 is 5.43. The maximum Gasteiger partial charge on any atom is 0.434 e. The summed E-state index contributed by atoms with van der Waals surface area (Å²) < 4.78 is 41.8. The van der Waals surface area contributed by atoms with Crippen molar-refractivity contribution in [3.05, 3.63) is 22.3 Å². The van der Waals surface area contributed by atoms with E-state index in [4.69, 9.17) is 17.3 Å². The SMILES string of the molecule is COc1nc(C(F)(F)F)c(Cl)cc1CN. The number of methoxy groups -OCH3 is 1. The van der Waals surface area contributed by atoms with Gasteiger partial charge in [-0.1, -0.05) is 11.6 Å². The van der Waals surface area contributed by atoms with Gasteiger partial charge >= 0.3 is 6.18 Å². The largest absolute Gasteiger partial charge is 0.481 e. The summed E-state index contributed by atoms with van der Waals surface area (Å²) in [7, 11) is 1.22. The van der Waals surface area contributed by atoms with E-state index in [-0.39, 0.29) is 12.4 Å². The molecule has 15 heavy (non-hydrogen) atoms. The lowest BCUT2D eigenvalue weighted by Gasteiger charge is -2.12. The van der Waals surface area contributed by atoms with Gasteiger partial charge in [-0.3, -0.25) is 0 Å². The van der Waals surface area contributed by atoms with Crippen LogP contribution < -0.4 is 10.5 Å². The van der Waals surface area contributed by atoms with Crippen molar-refractivity contribution < 1.29 is 17.9 Å². The maximum absolute atomic E-state index is 12.4. The van der Waals surface area contributed by atoms with Crippen molar-refractivity contribution in [1.29, 1.82) is 0 Å². The molecule has 3 nitrogen and oxygen atoms in total. The third-order valence-corrected chi connectivity index (χ3v) is 1.99. The van der Waals surface area contributed by atoms with E-state index < -0.39 is 16.9 Å². The lowest BCUT2D eigenvalue weighted by molar-refractivity contribution is -0.141. The molecule has 84 valence electrons. The highest BCUT2D eigenvalue weighted by Crippen LogP contribution is 2.35. The second-order valence-electron chi connectivity index (χ2n) is 2.69. The Bertz CT molecular complexity index is 368. The average Bonchev–Trinajstić information content (AvgIpc) is 2.15. The number of halogens is 4. The Morgan fingerprint density at radius 1 is 1.53 bits per heavy atom. The Kier molecular flexibility index (Phi) is 3.41. The second-order valence-corrected chi connectivity index (χ2v) is 3.10. The number of hydrogen-bond donors (Lipinski definition) is 1. The summed E-state index contributed by atoms with van der Waals surface area (Å²) in [4.78, 5) is 3.27. The van der Waals surface area contributed by atoms with E-state index in [2.05, 4.69) is 9.72 Å². The topological polar surface area (TPSA) is 48.1 Å². The Hall–Kier alpha value is -1.01. The predicted molar refractivity (Wildman–Crippen MR) is 48.7 cm³/mol. The zero-order chi connectivity index (χ0) is 11.6. The van der Waals surface area contributed by atoms with Crippen molar-refractivity contribution in [3.63, 3.8) is 0 Å². The molecule has 0 aliphatic carbocycles. The first-order valence-electron chi connectivity index (χ1n) is 3.90. The van der Waals surface area contributed by atoms with Gasteiger partial charge in [0.25, 0.3) is 0 Å². The van der Waals surface area contributed by atoms with Gasteiger partial charge in [-0.15, -0.1) is 0 Å². The van der Waals surface area contributed by atoms with Crippen molar-refractivity contribution >= 4 is 11.6 Å². The second kappa shape index (κ2) is 4.24. The van der Waals surface area contributed by atoms with Crippen LogP contribution in [0.4, 0.5) is 13.2 Å². The molecule has 1 aromatic heterocycles. The summed E-state index contributed by atoms with van der Waals surface area (Å²) in [5, 5.41) is -0.483. The molecule has 0 amide bonds. The minimum Gasteiger partial charge on any atom is -0.481 e. The number of pyridine rings is 1. The van der Waals surface area contributed by atoms with E-state index in [1.807, 2.05) is 0 Å². The highest BCUT2D eigenvalue weighted by molar-refractivity contribution is 6.31. The van der Waals surface area contributed by atoms with Crippen molar-refractivity contribution in [1.82, 2.24) is 4.98 Å². The standard InChI is InChI=1S/C8H8ClF3N2O/c1-15-7-4(3-13)2-5(9)6(14-7)8(10,11)12/h2H,3,13H2,1H3. The lowest BCUT2D eigenvalue weighted by Crippen LogP contribution is -2.12. The Morgan fingerprint density at radius 2 is 2.13 bits per heavy atom. The quantitative estimate of drug-likeness (QED) is 0.862. The molecule has 1 heterocycles. The first-order chi connectivity index (χ1) is 6.90. The molecule has 0 aliphatic heterocycles. The highest BCUT2D eigenvalue weighted by atomic mass is 35.5. The van der Waals surface area contributed by atoms with Crippen molar-refractivity contribution in [2.45, 2.75) is 12.7 Å². The fourth-order valence-corrected chi connectivity index (χ4v) is 1.31. The molecule has 0 atom stereocenters. The molecule has 1 aromatic rings. The van der Waals surface area contributed by atoms with Crippen LogP contribution in [0.3, 0.4) is 0 Å². The van der Waals surface area contributed by atoms with Gasteiger partial charge < -0.3 is 10.5 Å². The van der Waals surface area contributed by atoms with Crippen LogP contribution in [0.2, 0.25) is 5.02 Å². The molecule has 0 unspecified atom stereocenters. The smallest absolute Gasteiger partial charge is 0.434 e. The fraction of sp³-hybridized carbons (Fsp3) is 0.375. The van der Waals surface area contributed by atoms with Crippen molar-refractivity contribution in [3.8, 4) is 5.88 Å². The third kappa shape index (κ3) is 2.51. The van der Waals surface area contributed by atoms with Gasteiger partial charge in [-0.2, -0.15) is 13.2 Å². The van der Waals surface area contributed by atoms with Crippen LogP contribution in [0, 0.1) is 0 Å². The average molecular weight is 241 g/mol. The van der Waals surface area contributed by atoms with Gasteiger partial charge in [-0.25, -0.2) is 4.98 Å². The molecule has 0 aromatic carbocycles. The van der Waals surface area contributed by atoms with Gasteiger partial charge in [0, 0.05) is 12.1 Å². The van der Waals surface area contributed by atoms with E-state index in [1.54, 1.807) is 0 Å². The molecular formula is C8H8ClF3N2O. The highest BCUT2D eigenvalue weighted by Gasteiger charge is 2.36. The van der Waals surface area contributed by atoms with Crippen molar-refractivity contribution in [2.75, 3.05) is 7.11 Å². The van der Waals surface area contributed by atoms with Crippen LogP contribution >= 0.6 is 11.6 Å². The Balaban J connectivity index is 3.32. The number of nitrogens with two attached hydrogens (primary N) is 1. The number of alkyl halides is 3. The van der Waals surface area contributed by atoms with Gasteiger partial charge in [0.15, 0.2) is 5.69 Å². The number of nitrogens with zero attached hydrogens (tertiary/aromatic N) is 1. The predicted octanol–water partition coefficient (Wildman–Crippen LogP) is 2.22. The molecule has 7 heteroatoms. The molecule has 0 bridgehead atoms. The molecule has 0 spiro atoms. The maximum atomic E-state index is 12.4. The zero-order valence-corrected chi connectivity index (χ0v) is 8.49. The zero-order valence-electron chi connectivity index (χ0n) is 7.73. The first-order valence-corrected chi connectivity index (χ1v) is 4.28. The van der Waals surface area contributed by atoms with Crippen LogP contribution in [0.25, 0.3) is 0 Å². The Morgan fingerprint density at radius 3 is 2.53 bits per heavy atom. The summed E-state index contributed by atoms with van der Waals surface area (Å²) in [6.45, 7) is 0.00797. The van der Waals surface area contributed by atoms with Gasteiger partial charge in [0.05, 0.1) is 12.1 Å². The molecule has 0 saturated carbocycles. The van der Waals surface area contributed by atoms with Crippen LogP contribution in [-0.2, 0) is 12.7 Å². The van der Waals surface area contributed by atoms with E-state index >= 15 is 0 Å². The summed E-state index contributed by atoms with van der Waals surface area (Å²) in [6, 6.07) is 1.11. The molecular weight excluding hydrogens is 233 g/mol. The minimum atomic E-state index is -4.60. The van der Waals surface area contributed by atoms with Crippen LogP contribution in [0.1, 0.15) is 11.3 Å². The number of hydrogen-bond acceptors (Lipinski definition) is 3. The van der Waals surface area contributed by atoms with E-state index in [1.165, 1.54) is 7.11 Å². The van der Waals surface area contributed by atoms with E-state index in [0.29, 0.717) is 5.56 Å². The summed E-state index contributed by atoms with van der Waals surface area (Å²) in [5.74, 6) is -0.158. The van der Waals surface area contributed by atoms with Crippen LogP contribution in [-0.4, -0.2) is 12.1 Å². The van der Waals surface area contributed by atoms with Crippen LogP contribution in [0.5, 0.6) is 5.88 Å². The lowest BCUT2D eigenvalue weighted by atomic mass is 10.2. The molecule has 2 N–H and O–H groups in total. The number of rotatable bonds is 2. The molecule has 0 aliphatic rings. The monoisotopic (exact) mass is 240 g/mol. The molecule has 0 saturated heterocycles. The molecule has 1 rings (SSSR count). The van der Waals surface area contributed by atoms with Gasteiger partial charge in [0.1, 0.15) is 0 Å². The number of ether oxygens (including phenoxy) is 1. The molecule has 0 fully saturated rings. The van der Waals surface area contributed by atoms with Crippen molar-refractivity contribution in [2.24, 2.45) is 5.73 Å². The van der Waals surface area contributed by atoms with Crippen LogP contribution in [0.15, 0.2) is 6.07 Å². The molecule has 0 radical (unpaired) electrons. The first kappa shape index (κ1) is 12.1. The summed E-state index contributed by atoms with van der Waals surface area (Å²) in [5.41, 5.74) is 4.46. The summed E-state index contributed by atoms with van der Waals surface area (Å²) in [6.07, 6.45) is -4.60. The Labute approximate surface area is 89.0 Å². The minimum absolute atomic E-state index is 0.00797. The third-order valence-electron chi connectivity index (χ3n) is 1.70.